The van der Waals surface area contributed by atoms with Gasteiger partial charge >= 0.3 is 0 Å². The Bertz CT molecular complexity index is 409. The summed E-state index contributed by atoms with van der Waals surface area (Å²) in [5.41, 5.74) is 1.26. The molecular weight excluding hydrogens is 278 g/mol. The summed E-state index contributed by atoms with van der Waals surface area (Å²) in [6, 6.07) is 3.05. The molecule has 2 fully saturated rings. The van der Waals surface area contributed by atoms with Crippen LogP contribution >= 0.6 is 15.9 Å². The molecular formula is C13H18BrN3. The van der Waals surface area contributed by atoms with E-state index in [2.05, 4.69) is 43.7 Å². The molecule has 0 amide bonds. The van der Waals surface area contributed by atoms with Gasteiger partial charge in [0.2, 0.25) is 0 Å². The van der Waals surface area contributed by atoms with Crippen molar-refractivity contribution in [3.8, 4) is 0 Å². The quantitative estimate of drug-likeness (QED) is 0.835. The number of rotatable bonds is 2. The fourth-order valence-electron chi connectivity index (χ4n) is 2.60. The smallest absolute Gasteiger partial charge is 0.131 e. The number of anilines is 1. The largest absolute Gasteiger partial charge is 0.354 e. The molecule has 0 unspecified atom stereocenters. The van der Waals surface area contributed by atoms with E-state index in [0.717, 1.165) is 29.4 Å². The number of nitrogens with zero attached hydrogens (tertiary/aromatic N) is 3. The van der Waals surface area contributed by atoms with Crippen LogP contribution in [0.4, 0.5) is 5.82 Å². The second-order valence-corrected chi connectivity index (χ2v) is 5.96. The molecule has 0 atom stereocenters. The zero-order valence-electron chi connectivity index (χ0n) is 10.2. The maximum Gasteiger partial charge on any atom is 0.131 e. The predicted molar refractivity (Wildman–Crippen MR) is 73.5 cm³/mol. The molecule has 0 spiro atoms. The van der Waals surface area contributed by atoms with Crippen molar-refractivity contribution in [3.05, 3.63) is 22.3 Å². The first-order valence-electron chi connectivity index (χ1n) is 6.35. The van der Waals surface area contributed by atoms with Crippen LogP contribution in [0.3, 0.4) is 0 Å². The Labute approximate surface area is 111 Å². The summed E-state index contributed by atoms with van der Waals surface area (Å²) in [5.74, 6) is 1.16. The van der Waals surface area contributed by atoms with E-state index in [0.29, 0.717) is 0 Å². The third-order valence-electron chi connectivity index (χ3n) is 3.69. The van der Waals surface area contributed by atoms with Gasteiger partial charge in [0.1, 0.15) is 5.82 Å². The van der Waals surface area contributed by atoms with Crippen LogP contribution in [0.25, 0.3) is 0 Å². The molecule has 1 saturated heterocycles. The van der Waals surface area contributed by atoms with Crippen molar-refractivity contribution in [1.29, 1.82) is 0 Å². The molecule has 1 aromatic rings. The van der Waals surface area contributed by atoms with Gasteiger partial charge < -0.3 is 4.90 Å². The molecule has 1 aliphatic carbocycles. The summed E-state index contributed by atoms with van der Waals surface area (Å²) in [5, 5.41) is 0. The lowest BCUT2D eigenvalue weighted by molar-refractivity contribution is 0.247. The van der Waals surface area contributed by atoms with Crippen molar-refractivity contribution in [2.24, 2.45) is 0 Å². The van der Waals surface area contributed by atoms with Gasteiger partial charge in [-0.25, -0.2) is 4.98 Å². The standard InChI is InChI=1S/C13H18BrN3/c1-10-8-11(14)9-15-13(10)17-6-4-16(5-7-17)12-2-3-12/h8-9,12H,2-7H2,1H3. The Kier molecular flexibility index (Phi) is 3.09. The van der Waals surface area contributed by atoms with Crippen molar-refractivity contribution < 1.29 is 0 Å². The molecule has 0 N–H and O–H groups in total. The SMILES string of the molecule is Cc1cc(Br)cnc1N1CCN(C2CC2)CC1. The van der Waals surface area contributed by atoms with Gasteiger partial charge in [-0.2, -0.15) is 0 Å². The van der Waals surface area contributed by atoms with Crippen LogP contribution in [-0.2, 0) is 0 Å². The average molecular weight is 296 g/mol. The number of hydrogen-bond donors (Lipinski definition) is 0. The minimum Gasteiger partial charge on any atom is -0.354 e. The maximum absolute atomic E-state index is 4.55. The van der Waals surface area contributed by atoms with Crippen LogP contribution < -0.4 is 4.90 Å². The Morgan fingerprint density at radius 3 is 2.53 bits per heavy atom. The molecule has 4 heteroatoms. The van der Waals surface area contributed by atoms with Gasteiger partial charge in [0.15, 0.2) is 0 Å². The summed E-state index contributed by atoms with van der Waals surface area (Å²) < 4.78 is 1.07. The van der Waals surface area contributed by atoms with Crippen molar-refractivity contribution in [1.82, 2.24) is 9.88 Å². The molecule has 1 aliphatic heterocycles. The first-order valence-corrected chi connectivity index (χ1v) is 7.14. The molecule has 3 rings (SSSR count). The van der Waals surface area contributed by atoms with Crippen LogP contribution in [-0.4, -0.2) is 42.1 Å². The van der Waals surface area contributed by atoms with Crippen molar-refractivity contribution in [3.63, 3.8) is 0 Å². The summed E-state index contributed by atoms with van der Waals surface area (Å²) >= 11 is 3.47. The third kappa shape index (κ3) is 2.47. The molecule has 0 aromatic carbocycles. The predicted octanol–water partition coefficient (Wildman–Crippen LogP) is 2.44. The highest BCUT2D eigenvalue weighted by molar-refractivity contribution is 9.10. The Balaban J connectivity index is 1.68. The van der Waals surface area contributed by atoms with Gasteiger partial charge in [-0.15, -0.1) is 0 Å². The molecule has 2 aliphatic rings. The highest BCUT2D eigenvalue weighted by Crippen LogP contribution is 2.29. The molecule has 2 heterocycles. The maximum atomic E-state index is 4.55. The molecule has 1 aromatic heterocycles. The van der Waals surface area contributed by atoms with E-state index >= 15 is 0 Å². The van der Waals surface area contributed by atoms with Gasteiger partial charge in [-0.05, 0) is 47.3 Å². The van der Waals surface area contributed by atoms with E-state index in [9.17, 15) is 0 Å². The summed E-state index contributed by atoms with van der Waals surface area (Å²) in [6.45, 7) is 6.77. The normalized spacial score (nSPS) is 21.9. The lowest BCUT2D eigenvalue weighted by Crippen LogP contribution is -2.47. The molecule has 0 bridgehead atoms. The summed E-state index contributed by atoms with van der Waals surface area (Å²) in [4.78, 5) is 9.59. The number of halogens is 1. The number of aryl methyl sites for hydroxylation is 1. The minimum atomic E-state index is 0.899. The Morgan fingerprint density at radius 2 is 1.94 bits per heavy atom. The van der Waals surface area contributed by atoms with Crippen LogP contribution in [0, 0.1) is 6.92 Å². The molecule has 92 valence electrons. The Hall–Kier alpha value is -0.610. The van der Waals surface area contributed by atoms with Crippen molar-refractivity contribution in [2.45, 2.75) is 25.8 Å². The van der Waals surface area contributed by atoms with Crippen LogP contribution in [0.1, 0.15) is 18.4 Å². The van der Waals surface area contributed by atoms with Crippen LogP contribution in [0.5, 0.6) is 0 Å². The van der Waals surface area contributed by atoms with E-state index in [1.54, 1.807) is 0 Å². The molecule has 17 heavy (non-hydrogen) atoms. The second kappa shape index (κ2) is 4.58. The highest BCUT2D eigenvalue weighted by Gasteiger charge is 2.31. The van der Waals surface area contributed by atoms with Gasteiger partial charge in [0, 0.05) is 42.9 Å². The summed E-state index contributed by atoms with van der Waals surface area (Å²) in [7, 11) is 0. The number of hydrogen-bond acceptors (Lipinski definition) is 3. The van der Waals surface area contributed by atoms with E-state index in [1.807, 2.05) is 6.20 Å². The van der Waals surface area contributed by atoms with Crippen LogP contribution in [0.15, 0.2) is 16.7 Å². The molecule has 0 radical (unpaired) electrons. The minimum absolute atomic E-state index is 0.899. The Morgan fingerprint density at radius 1 is 1.24 bits per heavy atom. The third-order valence-corrected chi connectivity index (χ3v) is 4.13. The number of pyridine rings is 1. The fourth-order valence-corrected chi connectivity index (χ4v) is 3.05. The zero-order chi connectivity index (χ0) is 11.8. The first kappa shape index (κ1) is 11.5. The fraction of sp³-hybridized carbons (Fsp3) is 0.615. The lowest BCUT2D eigenvalue weighted by Gasteiger charge is -2.36. The second-order valence-electron chi connectivity index (χ2n) is 5.05. The number of aromatic nitrogens is 1. The zero-order valence-corrected chi connectivity index (χ0v) is 11.8. The molecule has 1 saturated carbocycles. The monoisotopic (exact) mass is 295 g/mol. The lowest BCUT2D eigenvalue weighted by atomic mass is 10.2. The van der Waals surface area contributed by atoms with E-state index in [4.69, 9.17) is 0 Å². The first-order chi connectivity index (χ1) is 8.24. The van der Waals surface area contributed by atoms with E-state index < -0.39 is 0 Å². The van der Waals surface area contributed by atoms with Gasteiger partial charge in [0.05, 0.1) is 0 Å². The number of piperazine rings is 1. The van der Waals surface area contributed by atoms with Gasteiger partial charge in [-0.3, -0.25) is 4.90 Å². The highest BCUT2D eigenvalue weighted by atomic mass is 79.9. The van der Waals surface area contributed by atoms with E-state index in [1.165, 1.54) is 31.5 Å². The van der Waals surface area contributed by atoms with E-state index in [-0.39, 0.29) is 0 Å². The van der Waals surface area contributed by atoms with Gasteiger partial charge in [-0.1, -0.05) is 0 Å². The van der Waals surface area contributed by atoms with Gasteiger partial charge in [0.25, 0.3) is 0 Å². The van der Waals surface area contributed by atoms with Crippen LogP contribution in [0.2, 0.25) is 0 Å². The summed E-state index contributed by atoms with van der Waals surface area (Å²) in [6.07, 6.45) is 4.72. The molecule has 3 nitrogen and oxygen atoms in total. The topological polar surface area (TPSA) is 19.4 Å². The average Bonchev–Trinajstić information content (AvgIpc) is 3.13. The van der Waals surface area contributed by atoms with Crippen molar-refractivity contribution in [2.75, 3.05) is 31.1 Å². The van der Waals surface area contributed by atoms with Crippen molar-refractivity contribution >= 4 is 21.7 Å².